The third-order valence-electron chi connectivity index (χ3n) is 3.67. The molecule has 2 fully saturated rings. The minimum absolute atomic E-state index is 0.856. The molecule has 1 saturated heterocycles. The summed E-state index contributed by atoms with van der Waals surface area (Å²) in [6.07, 6.45) is 8.13. The lowest BCUT2D eigenvalue weighted by Crippen LogP contribution is -2.31. The summed E-state index contributed by atoms with van der Waals surface area (Å²) >= 11 is 3.47. The molecule has 1 aliphatic carbocycles. The minimum Gasteiger partial charge on any atom is -0.296 e. The van der Waals surface area contributed by atoms with Gasteiger partial charge in [0.1, 0.15) is 0 Å². The maximum Gasteiger partial charge on any atom is 0.0410 e. The largest absolute Gasteiger partial charge is 0.296 e. The maximum absolute atomic E-state index is 4.21. The van der Waals surface area contributed by atoms with E-state index in [1.165, 1.54) is 31.4 Å². The average molecular weight is 267 g/mol. The number of halogens is 1. The van der Waals surface area contributed by atoms with Crippen molar-refractivity contribution < 1.29 is 0 Å². The zero-order chi connectivity index (χ0) is 10.3. The summed E-state index contributed by atoms with van der Waals surface area (Å²) in [4.78, 5) is 6.84. The standard InChI is InChI=1S/C12H15BrN2/c13-11-3-10(5-14-6-11)8-15-7-9-1-2-12(15)4-9/h3,5-6,9,12H,1-2,4,7-8H2. The number of fused-ring (bicyclic) bond motifs is 2. The zero-order valence-corrected chi connectivity index (χ0v) is 10.3. The van der Waals surface area contributed by atoms with E-state index in [0.717, 1.165) is 23.0 Å². The van der Waals surface area contributed by atoms with Gasteiger partial charge in [-0.05, 0) is 52.7 Å². The van der Waals surface area contributed by atoms with Gasteiger partial charge in [-0.25, -0.2) is 0 Å². The highest BCUT2D eigenvalue weighted by Crippen LogP contribution is 2.38. The third-order valence-corrected chi connectivity index (χ3v) is 4.10. The molecule has 1 saturated carbocycles. The molecule has 0 N–H and O–H groups in total. The number of rotatable bonds is 2. The number of pyridine rings is 1. The maximum atomic E-state index is 4.21. The molecule has 1 aliphatic heterocycles. The number of likely N-dealkylation sites (tertiary alicyclic amines) is 1. The van der Waals surface area contributed by atoms with Crippen LogP contribution in [0.25, 0.3) is 0 Å². The first-order chi connectivity index (χ1) is 7.31. The Kier molecular flexibility index (Phi) is 2.53. The van der Waals surface area contributed by atoms with Crippen LogP contribution in [0.15, 0.2) is 22.9 Å². The molecule has 2 unspecified atom stereocenters. The van der Waals surface area contributed by atoms with Gasteiger partial charge < -0.3 is 0 Å². The van der Waals surface area contributed by atoms with E-state index in [1.54, 1.807) is 0 Å². The van der Waals surface area contributed by atoms with Crippen LogP contribution in [0, 0.1) is 5.92 Å². The van der Waals surface area contributed by atoms with Gasteiger partial charge in [0.2, 0.25) is 0 Å². The summed E-state index contributed by atoms with van der Waals surface area (Å²) in [6.45, 7) is 2.38. The monoisotopic (exact) mass is 266 g/mol. The Bertz CT molecular complexity index is 366. The molecule has 3 rings (SSSR count). The number of piperidine rings is 1. The quantitative estimate of drug-likeness (QED) is 0.819. The van der Waals surface area contributed by atoms with Gasteiger partial charge in [-0.15, -0.1) is 0 Å². The average Bonchev–Trinajstić information content (AvgIpc) is 2.79. The molecule has 3 heteroatoms. The van der Waals surface area contributed by atoms with E-state index in [1.807, 2.05) is 12.4 Å². The third kappa shape index (κ3) is 1.95. The van der Waals surface area contributed by atoms with Gasteiger partial charge in [0.25, 0.3) is 0 Å². The Hall–Kier alpha value is -0.410. The molecule has 2 atom stereocenters. The van der Waals surface area contributed by atoms with Crippen molar-refractivity contribution in [3.8, 4) is 0 Å². The second-order valence-corrected chi connectivity index (χ2v) is 5.69. The van der Waals surface area contributed by atoms with Gasteiger partial charge >= 0.3 is 0 Å². The van der Waals surface area contributed by atoms with Crippen molar-refractivity contribution in [2.75, 3.05) is 6.54 Å². The van der Waals surface area contributed by atoms with Gasteiger partial charge in [-0.3, -0.25) is 9.88 Å². The Morgan fingerprint density at radius 3 is 3.00 bits per heavy atom. The summed E-state index contributed by atoms with van der Waals surface area (Å²) in [5.41, 5.74) is 1.33. The van der Waals surface area contributed by atoms with Gasteiger partial charge in [-0.1, -0.05) is 0 Å². The topological polar surface area (TPSA) is 16.1 Å². The summed E-state index contributed by atoms with van der Waals surface area (Å²) in [6, 6.07) is 3.04. The highest BCUT2D eigenvalue weighted by atomic mass is 79.9. The van der Waals surface area contributed by atoms with Gasteiger partial charge in [0.15, 0.2) is 0 Å². The molecule has 0 radical (unpaired) electrons. The lowest BCUT2D eigenvalue weighted by molar-refractivity contribution is 0.205. The fourth-order valence-corrected chi connectivity index (χ4v) is 3.41. The van der Waals surface area contributed by atoms with E-state index < -0.39 is 0 Å². The fourth-order valence-electron chi connectivity index (χ4n) is 3.00. The smallest absolute Gasteiger partial charge is 0.0410 e. The molecule has 0 aromatic carbocycles. The van der Waals surface area contributed by atoms with E-state index in [0.29, 0.717) is 0 Å². The molecule has 1 aromatic heterocycles. The summed E-state index contributed by atoms with van der Waals surface area (Å²) in [5, 5.41) is 0. The van der Waals surface area contributed by atoms with Crippen LogP contribution in [0.3, 0.4) is 0 Å². The van der Waals surface area contributed by atoms with Crippen LogP contribution in [0.5, 0.6) is 0 Å². The van der Waals surface area contributed by atoms with Gasteiger partial charge in [-0.2, -0.15) is 0 Å². The zero-order valence-electron chi connectivity index (χ0n) is 8.69. The van der Waals surface area contributed by atoms with Gasteiger partial charge in [0.05, 0.1) is 0 Å². The second-order valence-electron chi connectivity index (χ2n) is 4.77. The van der Waals surface area contributed by atoms with Crippen LogP contribution < -0.4 is 0 Å². The van der Waals surface area contributed by atoms with Crippen molar-refractivity contribution in [3.05, 3.63) is 28.5 Å². The number of hydrogen-bond donors (Lipinski definition) is 0. The number of aromatic nitrogens is 1. The van der Waals surface area contributed by atoms with Crippen molar-refractivity contribution in [1.82, 2.24) is 9.88 Å². The summed E-state index contributed by atoms with van der Waals surface area (Å²) in [5.74, 6) is 0.982. The lowest BCUT2D eigenvalue weighted by Gasteiger charge is -2.26. The molecule has 2 nitrogen and oxygen atoms in total. The lowest BCUT2D eigenvalue weighted by atomic mass is 10.1. The van der Waals surface area contributed by atoms with Crippen LogP contribution >= 0.6 is 15.9 Å². The summed E-state index contributed by atoms with van der Waals surface area (Å²) < 4.78 is 1.09. The van der Waals surface area contributed by atoms with Crippen LogP contribution in [0.4, 0.5) is 0 Å². The Morgan fingerprint density at radius 2 is 2.33 bits per heavy atom. The van der Waals surface area contributed by atoms with Gasteiger partial charge in [0, 0.05) is 36.0 Å². The molecular weight excluding hydrogens is 252 g/mol. The molecule has 2 aliphatic rings. The Labute approximate surface area is 98.8 Å². The normalized spacial score (nSPS) is 29.9. The van der Waals surface area contributed by atoms with E-state index in [-0.39, 0.29) is 0 Å². The van der Waals surface area contributed by atoms with Crippen molar-refractivity contribution >= 4 is 15.9 Å². The van der Waals surface area contributed by atoms with Crippen molar-refractivity contribution in [2.24, 2.45) is 5.92 Å². The molecule has 2 bridgehead atoms. The second kappa shape index (κ2) is 3.87. The highest BCUT2D eigenvalue weighted by molar-refractivity contribution is 9.10. The van der Waals surface area contributed by atoms with Crippen LogP contribution in [0.2, 0.25) is 0 Å². The predicted molar refractivity (Wildman–Crippen MR) is 63.5 cm³/mol. The molecule has 1 aromatic rings. The van der Waals surface area contributed by atoms with Crippen molar-refractivity contribution in [1.29, 1.82) is 0 Å². The fraction of sp³-hybridized carbons (Fsp3) is 0.583. The summed E-state index contributed by atoms with van der Waals surface area (Å²) in [7, 11) is 0. The first-order valence-electron chi connectivity index (χ1n) is 5.65. The predicted octanol–water partition coefficient (Wildman–Crippen LogP) is 2.83. The van der Waals surface area contributed by atoms with E-state index in [9.17, 15) is 0 Å². The Balaban J connectivity index is 1.71. The molecule has 0 amide bonds. The van der Waals surface area contributed by atoms with Crippen LogP contribution in [-0.2, 0) is 6.54 Å². The molecule has 15 heavy (non-hydrogen) atoms. The SMILES string of the molecule is Brc1cncc(CN2CC3CCC2C3)c1. The molecule has 2 heterocycles. The number of nitrogens with zero attached hydrogens (tertiary/aromatic N) is 2. The highest BCUT2D eigenvalue weighted by Gasteiger charge is 2.37. The van der Waals surface area contributed by atoms with Crippen LogP contribution in [0.1, 0.15) is 24.8 Å². The van der Waals surface area contributed by atoms with Crippen molar-refractivity contribution in [2.45, 2.75) is 31.8 Å². The molecule has 0 spiro atoms. The van der Waals surface area contributed by atoms with E-state index >= 15 is 0 Å². The first-order valence-corrected chi connectivity index (χ1v) is 6.44. The first kappa shape index (κ1) is 9.79. The molecule has 80 valence electrons. The van der Waals surface area contributed by atoms with Crippen LogP contribution in [-0.4, -0.2) is 22.5 Å². The van der Waals surface area contributed by atoms with E-state index in [2.05, 4.69) is 31.9 Å². The Morgan fingerprint density at radius 1 is 1.40 bits per heavy atom. The van der Waals surface area contributed by atoms with E-state index in [4.69, 9.17) is 0 Å². The van der Waals surface area contributed by atoms with Crippen molar-refractivity contribution in [3.63, 3.8) is 0 Å². The number of hydrogen-bond acceptors (Lipinski definition) is 2. The molecular formula is C12H15BrN2. The minimum atomic E-state index is 0.856.